The summed E-state index contributed by atoms with van der Waals surface area (Å²) in [6.07, 6.45) is 7.61. The van der Waals surface area contributed by atoms with Gasteiger partial charge in [-0.25, -0.2) is 0 Å². The normalized spacial score (nSPS) is 29.2. The van der Waals surface area contributed by atoms with E-state index in [1.807, 2.05) is 18.2 Å². The quantitative estimate of drug-likeness (QED) is 0.423. The Morgan fingerprint density at radius 2 is 1.85 bits per heavy atom. The van der Waals surface area contributed by atoms with E-state index in [0.717, 1.165) is 86.3 Å². The van der Waals surface area contributed by atoms with Crippen molar-refractivity contribution in [1.29, 1.82) is 0 Å². The van der Waals surface area contributed by atoms with Crippen molar-refractivity contribution in [2.24, 2.45) is 0 Å². The van der Waals surface area contributed by atoms with Crippen LogP contribution in [0.5, 0.6) is 11.8 Å². The largest absolute Gasteiger partial charge is 0.508 e. The van der Waals surface area contributed by atoms with Gasteiger partial charge in [0.05, 0.1) is 24.4 Å². The van der Waals surface area contributed by atoms with Crippen molar-refractivity contribution < 1.29 is 14.9 Å². The molecule has 0 spiro atoms. The van der Waals surface area contributed by atoms with Crippen molar-refractivity contribution in [1.82, 2.24) is 20.2 Å². The zero-order valence-corrected chi connectivity index (χ0v) is 23.6. The van der Waals surface area contributed by atoms with E-state index < -0.39 is 0 Å². The maximum Gasteiger partial charge on any atom is 0.318 e. The average molecular weight is 557 g/mol. The molecule has 216 valence electrons. The molecular weight excluding hydrogens is 516 g/mol. The number of nitrogens with zero attached hydrogens (tertiary/aromatic N) is 5. The number of aliphatic hydroxyl groups is 1. The van der Waals surface area contributed by atoms with Gasteiger partial charge < -0.3 is 30.1 Å². The number of hydrogen-bond donors (Lipinski definition) is 3. The number of aliphatic hydroxyl groups excluding tert-OH is 1. The number of phenols is 1. The molecule has 4 fully saturated rings. The van der Waals surface area contributed by atoms with Crippen LogP contribution in [0.4, 0.5) is 11.5 Å². The molecule has 9 heteroatoms. The topological polar surface area (TPSA) is 97.2 Å². The summed E-state index contributed by atoms with van der Waals surface area (Å²) in [5.41, 5.74) is 3.28. The lowest BCUT2D eigenvalue weighted by atomic mass is 9.95. The van der Waals surface area contributed by atoms with Gasteiger partial charge in [-0.05, 0) is 62.9 Å². The molecule has 9 nitrogen and oxygen atoms in total. The number of ether oxygens (including phenoxy) is 1. The molecule has 4 saturated heterocycles. The number of anilines is 2. The summed E-state index contributed by atoms with van der Waals surface area (Å²) in [6.45, 7) is 5.24. The first-order valence-electron chi connectivity index (χ1n) is 15.5. The first-order chi connectivity index (χ1) is 20.1. The summed E-state index contributed by atoms with van der Waals surface area (Å²) in [4.78, 5) is 17.5. The third-order valence-corrected chi connectivity index (χ3v) is 10.4. The van der Waals surface area contributed by atoms with E-state index in [-0.39, 0.29) is 23.9 Å². The molecule has 2 aromatic carbocycles. The van der Waals surface area contributed by atoms with Crippen molar-refractivity contribution in [2.45, 2.75) is 75.2 Å². The van der Waals surface area contributed by atoms with Gasteiger partial charge in [0.25, 0.3) is 0 Å². The minimum Gasteiger partial charge on any atom is -0.508 e. The van der Waals surface area contributed by atoms with E-state index in [2.05, 4.69) is 38.2 Å². The lowest BCUT2D eigenvalue weighted by Crippen LogP contribution is -2.52. The number of benzene rings is 2. The fourth-order valence-electron chi connectivity index (χ4n) is 8.43. The Kier molecular flexibility index (Phi) is 6.23. The number of piperazine rings is 1. The summed E-state index contributed by atoms with van der Waals surface area (Å²) >= 11 is 0. The van der Waals surface area contributed by atoms with Crippen molar-refractivity contribution >= 4 is 22.3 Å². The molecule has 8 rings (SSSR count). The second kappa shape index (κ2) is 10.00. The molecule has 4 unspecified atom stereocenters. The number of hydrogen-bond acceptors (Lipinski definition) is 9. The minimum atomic E-state index is -0.0203. The molecule has 5 aliphatic heterocycles. The average Bonchev–Trinajstić information content (AvgIpc) is 3.67. The predicted octanol–water partition coefficient (Wildman–Crippen LogP) is 3.21. The van der Waals surface area contributed by atoms with E-state index in [0.29, 0.717) is 31.2 Å². The van der Waals surface area contributed by atoms with Gasteiger partial charge in [0, 0.05) is 60.5 Å². The van der Waals surface area contributed by atoms with Gasteiger partial charge in [-0.15, -0.1) is 0 Å². The van der Waals surface area contributed by atoms with E-state index in [4.69, 9.17) is 14.7 Å². The number of aromatic hydroxyl groups is 1. The van der Waals surface area contributed by atoms with Crippen molar-refractivity contribution in [3.63, 3.8) is 0 Å². The van der Waals surface area contributed by atoms with Gasteiger partial charge in [-0.3, -0.25) is 4.90 Å². The first kappa shape index (κ1) is 25.6. The van der Waals surface area contributed by atoms with Crippen molar-refractivity contribution in [2.75, 3.05) is 49.2 Å². The maximum absolute atomic E-state index is 10.5. The maximum atomic E-state index is 10.5. The SMILES string of the molecule is OCC1CCC2(COc3nc4c(c(N5CC6CCC(C5)N6)n3)CCN(c3cc(O)cc5ccccc35)C4)CCCN12. The molecule has 5 aliphatic rings. The molecule has 3 aromatic rings. The second-order valence-electron chi connectivity index (χ2n) is 12.8. The van der Waals surface area contributed by atoms with Crippen LogP contribution in [-0.4, -0.2) is 88.1 Å². The Morgan fingerprint density at radius 3 is 2.71 bits per heavy atom. The molecule has 3 N–H and O–H groups in total. The van der Waals surface area contributed by atoms with Crippen LogP contribution in [0.2, 0.25) is 0 Å². The number of rotatable bonds is 6. The van der Waals surface area contributed by atoms with Gasteiger partial charge in [-0.2, -0.15) is 9.97 Å². The third kappa shape index (κ3) is 4.40. The van der Waals surface area contributed by atoms with Gasteiger partial charge in [0.1, 0.15) is 18.2 Å². The van der Waals surface area contributed by atoms with Gasteiger partial charge in [0.15, 0.2) is 0 Å². The van der Waals surface area contributed by atoms with Crippen molar-refractivity contribution in [3.8, 4) is 11.8 Å². The lowest BCUT2D eigenvalue weighted by molar-refractivity contribution is 0.0642. The first-order valence-corrected chi connectivity index (χ1v) is 15.5. The zero-order chi connectivity index (χ0) is 27.6. The molecule has 41 heavy (non-hydrogen) atoms. The van der Waals surface area contributed by atoms with Crippen LogP contribution < -0.4 is 19.9 Å². The van der Waals surface area contributed by atoms with E-state index in [1.165, 1.54) is 18.4 Å². The highest BCUT2D eigenvalue weighted by Crippen LogP contribution is 2.43. The van der Waals surface area contributed by atoms with Crippen molar-refractivity contribution in [3.05, 3.63) is 47.7 Å². The Labute approximate surface area is 241 Å². The molecule has 1 aromatic heterocycles. The summed E-state index contributed by atoms with van der Waals surface area (Å²) in [5, 5.41) is 26.4. The van der Waals surface area contributed by atoms with E-state index in [1.54, 1.807) is 0 Å². The number of nitrogens with one attached hydrogen (secondary N) is 1. The Balaban J connectivity index is 1.13. The van der Waals surface area contributed by atoms with Gasteiger partial charge in [-0.1, -0.05) is 24.3 Å². The third-order valence-electron chi connectivity index (χ3n) is 10.4. The number of fused-ring (bicyclic) bond motifs is 5. The van der Waals surface area contributed by atoms with Crippen LogP contribution in [0.3, 0.4) is 0 Å². The standard InChI is InChI=1S/C32H40N6O3/c39-19-24-8-11-32(10-3-12-38(24)32)20-41-31-34-28-18-36(29-15-25(40)14-21-4-1-2-5-26(21)29)13-9-27(28)30(35-31)37-16-22-6-7-23(17-37)33-22/h1-2,4-5,14-15,22-24,33,39-40H,3,6-13,16-20H2. The van der Waals surface area contributed by atoms with Gasteiger partial charge in [0.2, 0.25) is 0 Å². The van der Waals surface area contributed by atoms with E-state index >= 15 is 0 Å². The summed E-state index contributed by atoms with van der Waals surface area (Å²) < 4.78 is 6.54. The highest BCUT2D eigenvalue weighted by molar-refractivity contribution is 5.95. The van der Waals surface area contributed by atoms with Crippen LogP contribution in [0.15, 0.2) is 36.4 Å². The molecule has 4 atom stereocenters. The van der Waals surface area contributed by atoms with Crippen LogP contribution in [-0.2, 0) is 13.0 Å². The Morgan fingerprint density at radius 1 is 1.00 bits per heavy atom. The van der Waals surface area contributed by atoms with Crippen LogP contribution in [0.1, 0.15) is 49.8 Å². The fourth-order valence-corrected chi connectivity index (χ4v) is 8.43. The van der Waals surface area contributed by atoms with Crippen LogP contribution in [0, 0.1) is 0 Å². The Hall–Kier alpha value is -3.14. The molecule has 0 radical (unpaired) electrons. The summed E-state index contributed by atoms with van der Waals surface area (Å²) in [6, 6.07) is 13.7. The molecule has 0 saturated carbocycles. The summed E-state index contributed by atoms with van der Waals surface area (Å²) in [5.74, 6) is 1.33. The molecular formula is C32H40N6O3. The second-order valence-corrected chi connectivity index (χ2v) is 12.8. The highest BCUT2D eigenvalue weighted by Gasteiger charge is 2.49. The summed E-state index contributed by atoms with van der Waals surface area (Å²) in [7, 11) is 0. The molecule has 0 amide bonds. The monoisotopic (exact) mass is 556 g/mol. The number of aromatic nitrogens is 2. The molecule has 6 heterocycles. The smallest absolute Gasteiger partial charge is 0.318 e. The fraction of sp³-hybridized carbons (Fsp3) is 0.562. The van der Waals surface area contributed by atoms with E-state index in [9.17, 15) is 10.2 Å². The minimum absolute atomic E-state index is 0.0203. The van der Waals surface area contributed by atoms with Gasteiger partial charge >= 0.3 is 6.01 Å². The molecule has 2 bridgehead atoms. The predicted molar refractivity (Wildman–Crippen MR) is 159 cm³/mol. The highest BCUT2D eigenvalue weighted by atomic mass is 16.5. The Bertz CT molecular complexity index is 1450. The number of phenolic OH excluding ortho intramolecular Hbond substituents is 1. The zero-order valence-electron chi connectivity index (χ0n) is 23.6. The van der Waals surface area contributed by atoms with Crippen LogP contribution >= 0.6 is 0 Å². The lowest BCUT2D eigenvalue weighted by Gasteiger charge is -2.38. The molecule has 0 aliphatic carbocycles. The van der Waals surface area contributed by atoms with Crippen LogP contribution in [0.25, 0.3) is 10.8 Å².